The number of nitrogens with two attached hydrogens (primary N) is 1. The lowest BCUT2D eigenvalue weighted by Gasteiger charge is -2.14. The second kappa shape index (κ2) is 5.87. The normalized spacial score (nSPS) is 18.8. The van der Waals surface area contributed by atoms with Crippen molar-refractivity contribution in [3.8, 4) is 0 Å². The molecule has 98 valence electrons. The third-order valence-corrected chi connectivity index (χ3v) is 3.41. The molecule has 1 aromatic carbocycles. The van der Waals surface area contributed by atoms with Crippen LogP contribution in [0.2, 0.25) is 0 Å². The largest absolute Gasteiger partial charge is 0.384 e. The Morgan fingerprint density at radius 1 is 1.56 bits per heavy atom. The van der Waals surface area contributed by atoms with Gasteiger partial charge in [-0.1, -0.05) is 6.07 Å². The molecule has 0 bridgehead atoms. The fourth-order valence-corrected chi connectivity index (χ4v) is 2.40. The van der Waals surface area contributed by atoms with Crippen LogP contribution in [-0.4, -0.2) is 25.0 Å². The Kier molecular flexibility index (Phi) is 4.20. The summed E-state index contributed by atoms with van der Waals surface area (Å²) >= 11 is 0. The lowest BCUT2D eigenvalue weighted by molar-refractivity contribution is 0.100. The number of hydrogen-bond acceptors (Lipinski definition) is 3. The van der Waals surface area contributed by atoms with Gasteiger partial charge in [-0.25, -0.2) is 0 Å². The van der Waals surface area contributed by atoms with Crippen molar-refractivity contribution in [2.75, 3.05) is 18.4 Å². The van der Waals surface area contributed by atoms with Gasteiger partial charge in [0.2, 0.25) is 0 Å². The molecule has 4 heteroatoms. The highest BCUT2D eigenvalue weighted by Gasteiger charge is 2.14. The third kappa shape index (κ3) is 3.23. The van der Waals surface area contributed by atoms with Crippen LogP contribution in [0.15, 0.2) is 18.2 Å². The first kappa shape index (κ1) is 12.9. The van der Waals surface area contributed by atoms with Gasteiger partial charge in [-0.3, -0.25) is 4.79 Å². The molecule has 1 fully saturated rings. The zero-order valence-electron chi connectivity index (χ0n) is 10.8. The van der Waals surface area contributed by atoms with Gasteiger partial charge in [0.05, 0.1) is 5.56 Å². The average molecular weight is 247 g/mol. The number of rotatable bonds is 5. The summed E-state index contributed by atoms with van der Waals surface area (Å²) in [7, 11) is 0. The molecule has 1 aliphatic heterocycles. The van der Waals surface area contributed by atoms with E-state index in [0.717, 1.165) is 30.8 Å². The van der Waals surface area contributed by atoms with Crippen molar-refractivity contribution in [3.05, 3.63) is 29.3 Å². The number of benzene rings is 1. The highest BCUT2D eigenvalue weighted by molar-refractivity contribution is 5.98. The van der Waals surface area contributed by atoms with E-state index in [1.807, 2.05) is 19.1 Å². The summed E-state index contributed by atoms with van der Waals surface area (Å²) in [6, 6.07) is 6.28. The minimum atomic E-state index is -0.378. The van der Waals surface area contributed by atoms with Gasteiger partial charge in [-0.2, -0.15) is 0 Å². The first-order valence-corrected chi connectivity index (χ1v) is 6.54. The van der Waals surface area contributed by atoms with E-state index in [4.69, 9.17) is 5.73 Å². The molecule has 1 atom stereocenters. The van der Waals surface area contributed by atoms with Gasteiger partial charge in [0, 0.05) is 18.3 Å². The predicted molar refractivity (Wildman–Crippen MR) is 73.8 cm³/mol. The molecular formula is C14H21N3O. The van der Waals surface area contributed by atoms with E-state index in [1.165, 1.54) is 12.8 Å². The van der Waals surface area contributed by atoms with Crippen LogP contribution in [0, 0.1) is 6.92 Å². The van der Waals surface area contributed by atoms with Crippen molar-refractivity contribution in [1.29, 1.82) is 0 Å². The molecular weight excluding hydrogens is 226 g/mol. The van der Waals surface area contributed by atoms with Gasteiger partial charge in [0.1, 0.15) is 0 Å². The number of amides is 1. The van der Waals surface area contributed by atoms with Gasteiger partial charge < -0.3 is 16.4 Å². The summed E-state index contributed by atoms with van der Waals surface area (Å²) in [6.07, 6.45) is 3.59. The maximum atomic E-state index is 11.3. The molecule has 2 rings (SSSR count). The number of anilines is 1. The minimum Gasteiger partial charge on any atom is -0.384 e. The smallest absolute Gasteiger partial charge is 0.250 e. The molecule has 1 aromatic rings. The molecule has 0 aromatic heterocycles. The first-order chi connectivity index (χ1) is 8.66. The van der Waals surface area contributed by atoms with E-state index in [2.05, 4.69) is 10.6 Å². The van der Waals surface area contributed by atoms with Crippen molar-refractivity contribution < 1.29 is 4.79 Å². The lowest BCUT2D eigenvalue weighted by atomic mass is 10.1. The third-order valence-electron chi connectivity index (χ3n) is 3.41. The van der Waals surface area contributed by atoms with Gasteiger partial charge in [0.15, 0.2) is 0 Å². The molecule has 0 radical (unpaired) electrons. The fourth-order valence-electron chi connectivity index (χ4n) is 2.40. The molecule has 1 heterocycles. The summed E-state index contributed by atoms with van der Waals surface area (Å²) in [4.78, 5) is 11.3. The summed E-state index contributed by atoms with van der Waals surface area (Å²) < 4.78 is 0. The molecule has 1 amide bonds. The zero-order valence-corrected chi connectivity index (χ0v) is 10.8. The van der Waals surface area contributed by atoms with Crippen LogP contribution in [0.3, 0.4) is 0 Å². The summed E-state index contributed by atoms with van der Waals surface area (Å²) in [5.41, 5.74) is 7.91. The van der Waals surface area contributed by atoms with Gasteiger partial charge >= 0.3 is 0 Å². The second-order valence-corrected chi connectivity index (χ2v) is 4.92. The lowest BCUT2D eigenvalue weighted by Crippen LogP contribution is -2.24. The van der Waals surface area contributed by atoms with Gasteiger partial charge in [0.25, 0.3) is 5.91 Å². The number of nitrogens with one attached hydrogen (secondary N) is 2. The standard InChI is InChI=1S/C14H21N3O/c1-10-4-5-12(14(15)18)13(9-10)17-8-6-11-3-2-7-16-11/h4-5,9,11,16-17H,2-3,6-8H2,1H3,(H2,15,18)/t11-/m1/s1. The van der Waals surface area contributed by atoms with Crippen molar-refractivity contribution in [3.63, 3.8) is 0 Å². The average Bonchev–Trinajstić information content (AvgIpc) is 2.82. The molecule has 1 saturated heterocycles. The Morgan fingerprint density at radius 2 is 2.39 bits per heavy atom. The Bertz CT molecular complexity index is 425. The summed E-state index contributed by atoms with van der Waals surface area (Å²) in [5.74, 6) is -0.378. The molecule has 0 spiro atoms. The number of carbonyl (C=O) groups is 1. The fraction of sp³-hybridized carbons (Fsp3) is 0.500. The molecule has 4 nitrogen and oxygen atoms in total. The predicted octanol–water partition coefficient (Wildman–Crippen LogP) is 1.65. The van der Waals surface area contributed by atoms with Crippen LogP contribution in [0.4, 0.5) is 5.69 Å². The van der Waals surface area contributed by atoms with Crippen molar-refractivity contribution >= 4 is 11.6 Å². The Morgan fingerprint density at radius 3 is 3.06 bits per heavy atom. The maximum absolute atomic E-state index is 11.3. The Labute approximate surface area is 108 Å². The van der Waals surface area contributed by atoms with E-state index < -0.39 is 0 Å². The van der Waals surface area contributed by atoms with Crippen LogP contribution in [-0.2, 0) is 0 Å². The Hall–Kier alpha value is -1.55. The van der Waals surface area contributed by atoms with Gasteiger partial charge in [-0.05, 0) is 50.4 Å². The van der Waals surface area contributed by atoms with Gasteiger partial charge in [-0.15, -0.1) is 0 Å². The Balaban J connectivity index is 1.94. The van der Waals surface area contributed by atoms with Crippen molar-refractivity contribution in [2.24, 2.45) is 5.73 Å². The molecule has 1 aliphatic rings. The molecule has 0 saturated carbocycles. The van der Waals surface area contributed by atoms with E-state index in [-0.39, 0.29) is 5.91 Å². The van der Waals surface area contributed by atoms with Crippen molar-refractivity contribution in [2.45, 2.75) is 32.2 Å². The molecule has 18 heavy (non-hydrogen) atoms. The quantitative estimate of drug-likeness (QED) is 0.741. The molecule has 4 N–H and O–H groups in total. The van der Waals surface area contributed by atoms with E-state index >= 15 is 0 Å². The SMILES string of the molecule is Cc1ccc(C(N)=O)c(NCC[C@H]2CCCN2)c1. The topological polar surface area (TPSA) is 67.2 Å². The monoisotopic (exact) mass is 247 g/mol. The zero-order chi connectivity index (χ0) is 13.0. The molecule has 0 aliphatic carbocycles. The van der Waals surface area contributed by atoms with Crippen molar-refractivity contribution in [1.82, 2.24) is 5.32 Å². The highest BCUT2D eigenvalue weighted by Crippen LogP contribution is 2.17. The van der Waals surface area contributed by atoms with Crippen LogP contribution in [0.1, 0.15) is 35.2 Å². The summed E-state index contributed by atoms with van der Waals surface area (Å²) in [6.45, 7) is 4.00. The first-order valence-electron chi connectivity index (χ1n) is 6.54. The number of carbonyl (C=O) groups excluding carboxylic acids is 1. The van der Waals surface area contributed by atoms with E-state index in [9.17, 15) is 4.79 Å². The highest BCUT2D eigenvalue weighted by atomic mass is 16.1. The van der Waals surface area contributed by atoms with E-state index in [1.54, 1.807) is 6.07 Å². The van der Waals surface area contributed by atoms with Crippen LogP contribution < -0.4 is 16.4 Å². The summed E-state index contributed by atoms with van der Waals surface area (Å²) in [5, 5.41) is 6.78. The number of aryl methyl sites for hydroxylation is 1. The molecule has 0 unspecified atom stereocenters. The minimum absolute atomic E-state index is 0.378. The van der Waals surface area contributed by atoms with Crippen LogP contribution >= 0.6 is 0 Å². The van der Waals surface area contributed by atoms with Crippen LogP contribution in [0.25, 0.3) is 0 Å². The van der Waals surface area contributed by atoms with E-state index in [0.29, 0.717) is 11.6 Å². The second-order valence-electron chi connectivity index (χ2n) is 4.92. The number of hydrogen-bond donors (Lipinski definition) is 3. The number of primary amides is 1. The maximum Gasteiger partial charge on any atom is 0.250 e. The van der Waals surface area contributed by atoms with Crippen LogP contribution in [0.5, 0.6) is 0 Å².